The predicted molar refractivity (Wildman–Crippen MR) is 83.2 cm³/mol. The predicted octanol–water partition coefficient (Wildman–Crippen LogP) is 3.49. The highest BCUT2D eigenvalue weighted by Crippen LogP contribution is 2.34. The topological polar surface area (TPSA) is 52.1 Å². The Kier molecular flexibility index (Phi) is 5.33. The molecule has 0 spiro atoms. The van der Waals surface area contributed by atoms with Crippen LogP contribution in [0.5, 0.6) is 0 Å². The maximum atomic E-state index is 12.2. The average molecular weight is 302 g/mol. The molecule has 0 aliphatic rings. The molecule has 1 aromatic heterocycles. The van der Waals surface area contributed by atoms with Crippen molar-refractivity contribution < 1.29 is 9.53 Å². The molecule has 4 nitrogen and oxygen atoms in total. The molecule has 0 aliphatic heterocycles. The Hall–Kier alpha value is -1.88. The van der Waals surface area contributed by atoms with Crippen LogP contribution >= 0.6 is 11.8 Å². The molecule has 2 rings (SSSR count). The van der Waals surface area contributed by atoms with Crippen molar-refractivity contribution in [3.8, 4) is 0 Å². The monoisotopic (exact) mass is 302 g/mol. The van der Waals surface area contributed by atoms with Crippen molar-refractivity contribution in [1.29, 1.82) is 0 Å². The van der Waals surface area contributed by atoms with Gasteiger partial charge in [0.05, 0.1) is 6.61 Å². The third kappa shape index (κ3) is 4.29. The molecule has 0 saturated heterocycles. The van der Waals surface area contributed by atoms with E-state index in [1.807, 2.05) is 50.2 Å². The molecule has 1 aromatic carbocycles. The van der Waals surface area contributed by atoms with Crippen molar-refractivity contribution >= 4 is 17.7 Å². The van der Waals surface area contributed by atoms with E-state index in [0.29, 0.717) is 11.8 Å². The first-order valence-electron chi connectivity index (χ1n) is 6.80. The van der Waals surface area contributed by atoms with Crippen LogP contribution in [0.25, 0.3) is 0 Å². The van der Waals surface area contributed by atoms with E-state index in [-0.39, 0.29) is 5.97 Å². The summed E-state index contributed by atoms with van der Waals surface area (Å²) in [6.07, 6.45) is 0. The van der Waals surface area contributed by atoms with E-state index < -0.39 is 5.25 Å². The van der Waals surface area contributed by atoms with Gasteiger partial charge in [0.2, 0.25) is 0 Å². The molecule has 5 heteroatoms. The summed E-state index contributed by atoms with van der Waals surface area (Å²) in [4.78, 5) is 21.0. The Bertz CT molecular complexity index is 597. The van der Waals surface area contributed by atoms with Crippen LogP contribution in [0.2, 0.25) is 0 Å². The zero-order chi connectivity index (χ0) is 15.2. The van der Waals surface area contributed by atoms with Crippen molar-refractivity contribution in [2.75, 3.05) is 6.61 Å². The number of thioether (sulfide) groups is 1. The Morgan fingerprint density at radius 2 is 1.81 bits per heavy atom. The van der Waals surface area contributed by atoms with Crippen LogP contribution in [0.15, 0.2) is 41.6 Å². The third-order valence-electron chi connectivity index (χ3n) is 2.79. The average Bonchev–Trinajstić information content (AvgIpc) is 2.45. The minimum Gasteiger partial charge on any atom is -0.465 e. The summed E-state index contributed by atoms with van der Waals surface area (Å²) in [5.74, 6) is -0.267. The first kappa shape index (κ1) is 15.5. The number of hydrogen-bond donors (Lipinski definition) is 0. The van der Waals surface area contributed by atoms with Gasteiger partial charge in [-0.25, -0.2) is 9.97 Å². The number of aryl methyl sites for hydroxylation is 2. The Labute approximate surface area is 129 Å². The minimum absolute atomic E-state index is 0.267. The zero-order valence-electron chi connectivity index (χ0n) is 12.4. The second-order valence-electron chi connectivity index (χ2n) is 4.59. The fourth-order valence-electron chi connectivity index (χ4n) is 1.95. The van der Waals surface area contributed by atoms with E-state index in [1.165, 1.54) is 11.8 Å². The summed E-state index contributed by atoms with van der Waals surface area (Å²) in [6.45, 7) is 6.00. The maximum absolute atomic E-state index is 12.2. The van der Waals surface area contributed by atoms with Crippen LogP contribution in [-0.2, 0) is 9.53 Å². The molecule has 0 N–H and O–H groups in total. The van der Waals surface area contributed by atoms with Crippen molar-refractivity contribution in [3.63, 3.8) is 0 Å². The number of carbonyl (C=O) groups is 1. The number of ether oxygens (including phenoxy) is 1. The van der Waals surface area contributed by atoms with E-state index in [4.69, 9.17) is 4.74 Å². The molecule has 0 bridgehead atoms. The van der Waals surface area contributed by atoms with Crippen molar-refractivity contribution in [3.05, 3.63) is 53.3 Å². The summed E-state index contributed by atoms with van der Waals surface area (Å²) < 4.78 is 5.18. The summed E-state index contributed by atoms with van der Waals surface area (Å²) in [5.41, 5.74) is 2.67. The number of hydrogen-bond acceptors (Lipinski definition) is 5. The van der Waals surface area contributed by atoms with Gasteiger partial charge in [-0.15, -0.1) is 0 Å². The molecule has 1 heterocycles. The Balaban J connectivity index is 2.29. The number of benzene rings is 1. The number of aromatic nitrogens is 2. The minimum atomic E-state index is -0.452. The van der Waals surface area contributed by atoms with Crippen LogP contribution in [0.3, 0.4) is 0 Å². The van der Waals surface area contributed by atoms with E-state index in [0.717, 1.165) is 17.0 Å². The van der Waals surface area contributed by atoms with Gasteiger partial charge in [0, 0.05) is 11.4 Å². The quantitative estimate of drug-likeness (QED) is 0.481. The van der Waals surface area contributed by atoms with Crippen molar-refractivity contribution in [2.24, 2.45) is 0 Å². The fraction of sp³-hybridized carbons (Fsp3) is 0.312. The summed E-state index contributed by atoms with van der Waals surface area (Å²) >= 11 is 1.32. The van der Waals surface area contributed by atoms with Crippen LogP contribution in [0, 0.1) is 13.8 Å². The summed E-state index contributed by atoms with van der Waals surface area (Å²) in [5, 5.41) is 0.141. The molecule has 0 amide bonds. The summed E-state index contributed by atoms with van der Waals surface area (Å²) in [7, 11) is 0. The van der Waals surface area contributed by atoms with Crippen LogP contribution in [-0.4, -0.2) is 22.5 Å². The van der Waals surface area contributed by atoms with Gasteiger partial charge in [0.15, 0.2) is 5.16 Å². The lowest BCUT2D eigenvalue weighted by atomic mass is 10.1. The first-order valence-corrected chi connectivity index (χ1v) is 7.68. The number of esters is 1. The van der Waals surface area contributed by atoms with Crippen molar-refractivity contribution in [1.82, 2.24) is 9.97 Å². The highest BCUT2D eigenvalue weighted by atomic mass is 32.2. The van der Waals surface area contributed by atoms with Crippen LogP contribution in [0.1, 0.15) is 29.1 Å². The molecule has 0 radical (unpaired) electrons. The van der Waals surface area contributed by atoms with Gasteiger partial charge in [-0.2, -0.15) is 0 Å². The standard InChI is InChI=1S/C16H18N2O2S/c1-4-20-15(19)14(13-8-6-5-7-9-13)21-16-17-11(2)10-12(3)18-16/h5-10,14H,4H2,1-3H3. The molecular formula is C16H18N2O2S. The Morgan fingerprint density at radius 3 is 2.38 bits per heavy atom. The SMILES string of the molecule is CCOC(=O)C(Sc1nc(C)cc(C)n1)c1ccccc1. The van der Waals surface area contributed by atoms with E-state index >= 15 is 0 Å². The molecule has 0 fully saturated rings. The molecule has 1 unspecified atom stereocenters. The van der Waals surface area contributed by atoms with Crippen LogP contribution < -0.4 is 0 Å². The molecule has 0 aliphatic carbocycles. The fourth-order valence-corrected chi connectivity index (χ4v) is 3.01. The van der Waals surface area contributed by atoms with Crippen molar-refractivity contribution in [2.45, 2.75) is 31.2 Å². The van der Waals surface area contributed by atoms with Gasteiger partial charge in [-0.3, -0.25) is 4.79 Å². The molecule has 2 aromatic rings. The molecule has 1 atom stereocenters. The smallest absolute Gasteiger partial charge is 0.324 e. The van der Waals surface area contributed by atoms with Gasteiger partial charge in [-0.05, 0) is 32.4 Å². The van der Waals surface area contributed by atoms with Gasteiger partial charge in [0.25, 0.3) is 0 Å². The van der Waals surface area contributed by atoms with Gasteiger partial charge < -0.3 is 4.74 Å². The summed E-state index contributed by atoms with van der Waals surface area (Å²) in [6, 6.07) is 11.5. The van der Waals surface area contributed by atoms with E-state index in [2.05, 4.69) is 9.97 Å². The second-order valence-corrected chi connectivity index (χ2v) is 5.67. The molecule has 0 saturated carbocycles. The Morgan fingerprint density at radius 1 is 1.19 bits per heavy atom. The first-order chi connectivity index (χ1) is 10.1. The highest BCUT2D eigenvalue weighted by Gasteiger charge is 2.24. The highest BCUT2D eigenvalue weighted by molar-refractivity contribution is 8.00. The molecule has 21 heavy (non-hydrogen) atoms. The van der Waals surface area contributed by atoms with Gasteiger partial charge in [0.1, 0.15) is 5.25 Å². The lowest BCUT2D eigenvalue weighted by Crippen LogP contribution is -2.14. The largest absolute Gasteiger partial charge is 0.465 e. The van der Waals surface area contributed by atoms with E-state index in [1.54, 1.807) is 6.92 Å². The van der Waals surface area contributed by atoms with E-state index in [9.17, 15) is 4.79 Å². The molecule has 110 valence electrons. The van der Waals surface area contributed by atoms with Gasteiger partial charge >= 0.3 is 5.97 Å². The van der Waals surface area contributed by atoms with Crippen LogP contribution in [0.4, 0.5) is 0 Å². The second kappa shape index (κ2) is 7.22. The number of rotatable bonds is 5. The number of carbonyl (C=O) groups excluding carboxylic acids is 1. The lowest BCUT2D eigenvalue weighted by Gasteiger charge is -2.15. The zero-order valence-corrected chi connectivity index (χ0v) is 13.2. The lowest BCUT2D eigenvalue weighted by molar-refractivity contribution is -0.142. The number of nitrogens with zero attached hydrogens (tertiary/aromatic N) is 2. The molecular weight excluding hydrogens is 284 g/mol. The normalized spacial score (nSPS) is 12.0. The van der Waals surface area contributed by atoms with Gasteiger partial charge in [-0.1, -0.05) is 42.1 Å². The third-order valence-corrected chi connectivity index (χ3v) is 3.88. The maximum Gasteiger partial charge on any atom is 0.324 e.